The van der Waals surface area contributed by atoms with Crippen molar-refractivity contribution in [2.75, 3.05) is 7.11 Å². The summed E-state index contributed by atoms with van der Waals surface area (Å²) in [4.78, 5) is 12.0. The second-order valence-corrected chi connectivity index (χ2v) is 10.3. The second-order valence-electron chi connectivity index (χ2n) is 10.3. The van der Waals surface area contributed by atoms with Crippen LogP contribution in [0.25, 0.3) is 0 Å². The zero-order valence-electron chi connectivity index (χ0n) is 20.1. The number of Topliss-reactive ketones (excluding diaryl/α,β-unsaturated/α-hetero) is 1. The number of benzene rings is 2. The molecule has 0 radical (unpaired) electrons. The van der Waals surface area contributed by atoms with Gasteiger partial charge in [0.05, 0.1) is 7.11 Å². The average molecular weight is 455 g/mol. The average Bonchev–Trinajstić information content (AvgIpc) is 3.63. The standard InChI is InChI=1S/C29H36F2O2/c1-19(32)29(2,31)28(23-13-14-23)24-6-4-5-21(17-24)8-7-20-9-11-22(12-10-20)26-18-25(33-3)15-16-27(26)30/h4-6,15-18,20,22-23,28H,7-14H2,1-3H3/t20?,22?,28-,29?/m0/s1. The number of halogens is 2. The third-order valence-corrected chi connectivity index (χ3v) is 8.01. The zero-order chi connectivity index (χ0) is 23.6. The Hall–Kier alpha value is -2.23. The number of methoxy groups -OCH3 is 1. The minimum Gasteiger partial charge on any atom is -0.497 e. The Bertz CT molecular complexity index is 971. The molecule has 2 aliphatic carbocycles. The zero-order valence-corrected chi connectivity index (χ0v) is 20.1. The number of hydrogen-bond acceptors (Lipinski definition) is 2. The van der Waals surface area contributed by atoms with Gasteiger partial charge in [0.1, 0.15) is 11.6 Å². The summed E-state index contributed by atoms with van der Waals surface area (Å²) in [6.07, 6.45) is 8.23. The molecular weight excluding hydrogens is 418 g/mol. The molecule has 2 aliphatic rings. The molecule has 0 bridgehead atoms. The summed E-state index contributed by atoms with van der Waals surface area (Å²) in [5, 5.41) is 0. The van der Waals surface area contributed by atoms with Crippen LogP contribution in [0.15, 0.2) is 42.5 Å². The normalized spacial score (nSPS) is 23.5. The number of rotatable bonds is 9. The summed E-state index contributed by atoms with van der Waals surface area (Å²) >= 11 is 0. The number of ether oxygens (including phenoxy) is 1. The first kappa shape index (κ1) is 23.9. The maximum Gasteiger partial charge on any atom is 0.172 e. The van der Waals surface area contributed by atoms with E-state index in [9.17, 15) is 9.18 Å². The highest BCUT2D eigenvalue weighted by molar-refractivity contribution is 5.85. The summed E-state index contributed by atoms with van der Waals surface area (Å²) in [6, 6.07) is 13.3. The Balaban J connectivity index is 1.36. The molecule has 2 fully saturated rings. The Morgan fingerprint density at radius 1 is 1.09 bits per heavy atom. The minimum absolute atomic E-state index is 0.133. The van der Waals surface area contributed by atoms with Gasteiger partial charge in [-0.05, 0) is 118 Å². The van der Waals surface area contributed by atoms with Crippen LogP contribution in [0.4, 0.5) is 8.78 Å². The fourth-order valence-electron chi connectivity index (χ4n) is 5.71. The van der Waals surface area contributed by atoms with E-state index in [1.807, 2.05) is 18.2 Å². The van der Waals surface area contributed by atoms with Crippen molar-refractivity contribution in [3.8, 4) is 5.75 Å². The van der Waals surface area contributed by atoms with Gasteiger partial charge in [-0.25, -0.2) is 8.78 Å². The lowest BCUT2D eigenvalue weighted by Crippen LogP contribution is -2.36. The van der Waals surface area contributed by atoms with Crippen LogP contribution in [0.1, 0.15) is 87.3 Å². The lowest BCUT2D eigenvalue weighted by atomic mass is 9.76. The number of ketones is 1. The predicted molar refractivity (Wildman–Crippen MR) is 128 cm³/mol. The Kier molecular flexibility index (Phi) is 7.21. The number of alkyl halides is 1. The van der Waals surface area contributed by atoms with Gasteiger partial charge in [-0.2, -0.15) is 0 Å². The molecule has 0 heterocycles. The molecule has 2 nitrogen and oxygen atoms in total. The smallest absolute Gasteiger partial charge is 0.172 e. The molecule has 4 heteroatoms. The van der Waals surface area contributed by atoms with Crippen LogP contribution in [-0.4, -0.2) is 18.6 Å². The number of hydrogen-bond donors (Lipinski definition) is 0. The topological polar surface area (TPSA) is 26.3 Å². The molecule has 4 rings (SSSR count). The van der Waals surface area contributed by atoms with E-state index in [0.29, 0.717) is 11.7 Å². The van der Waals surface area contributed by atoms with Crippen LogP contribution in [0.5, 0.6) is 5.75 Å². The molecule has 2 aromatic rings. The van der Waals surface area contributed by atoms with Crippen molar-refractivity contribution in [1.29, 1.82) is 0 Å². The molecule has 0 amide bonds. The quantitative estimate of drug-likeness (QED) is 0.391. The van der Waals surface area contributed by atoms with Gasteiger partial charge in [0.25, 0.3) is 0 Å². The van der Waals surface area contributed by atoms with Gasteiger partial charge in [0.15, 0.2) is 11.5 Å². The van der Waals surface area contributed by atoms with Crippen LogP contribution in [0.3, 0.4) is 0 Å². The first-order valence-corrected chi connectivity index (χ1v) is 12.4. The van der Waals surface area contributed by atoms with Crippen molar-refractivity contribution in [2.24, 2.45) is 11.8 Å². The lowest BCUT2D eigenvalue weighted by molar-refractivity contribution is -0.129. The van der Waals surface area contributed by atoms with Gasteiger partial charge in [-0.1, -0.05) is 24.3 Å². The van der Waals surface area contributed by atoms with Crippen LogP contribution >= 0.6 is 0 Å². The third kappa shape index (κ3) is 5.47. The van der Waals surface area contributed by atoms with E-state index in [1.54, 1.807) is 13.2 Å². The molecule has 2 saturated carbocycles. The molecular formula is C29H36F2O2. The van der Waals surface area contributed by atoms with Crippen molar-refractivity contribution in [3.05, 3.63) is 65.0 Å². The molecule has 33 heavy (non-hydrogen) atoms. The van der Waals surface area contributed by atoms with E-state index < -0.39 is 5.67 Å². The van der Waals surface area contributed by atoms with E-state index in [4.69, 9.17) is 4.74 Å². The van der Waals surface area contributed by atoms with Gasteiger partial charge in [0.2, 0.25) is 0 Å². The Morgan fingerprint density at radius 3 is 2.45 bits per heavy atom. The maximum atomic E-state index is 15.3. The van der Waals surface area contributed by atoms with Crippen LogP contribution < -0.4 is 4.74 Å². The van der Waals surface area contributed by atoms with Crippen molar-refractivity contribution in [3.63, 3.8) is 0 Å². The van der Waals surface area contributed by atoms with Gasteiger partial charge in [-0.15, -0.1) is 0 Å². The van der Waals surface area contributed by atoms with E-state index in [0.717, 1.165) is 62.5 Å². The molecule has 0 aliphatic heterocycles. The second kappa shape index (κ2) is 9.95. The van der Waals surface area contributed by atoms with Crippen molar-refractivity contribution >= 4 is 5.78 Å². The van der Waals surface area contributed by atoms with Crippen LogP contribution in [-0.2, 0) is 11.2 Å². The summed E-state index contributed by atoms with van der Waals surface area (Å²) in [5.74, 6) is 1.01. The predicted octanol–water partition coefficient (Wildman–Crippen LogP) is 7.55. The number of aryl methyl sites for hydroxylation is 1. The van der Waals surface area contributed by atoms with Gasteiger partial charge in [0, 0.05) is 5.92 Å². The molecule has 0 saturated heterocycles. The van der Waals surface area contributed by atoms with Crippen LogP contribution in [0, 0.1) is 17.7 Å². The molecule has 2 aromatic carbocycles. The minimum atomic E-state index is -1.81. The largest absolute Gasteiger partial charge is 0.497 e. The molecule has 0 spiro atoms. The van der Waals surface area contributed by atoms with Gasteiger partial charge in [-0.3, -0.25) is 4.79 Å². The molecule has 0 aromatic heterocycles. The first-order chi connectivity index (χ1) is 15.8. The van der Waals surface area contributed by atoms with Crippen molar-refractivity contribution < 1.29 is 18.3 Å². The molecule has 178 valence electrons. The lowest BCUT2D eigenvalue weighted by Gasteiger charge is -2.30. The molecule has 0 N–H and O–H groups in total. The number of carbonyl (C=O) groups is 1. The monoisotopic (exact) mass is 454 g/mol. The van der Waals surface area contributed by atoms with E-state index >= 15 is 4.39 Å². The summed E-state index contributed by atoms with van der Waals surface area (Å²) < 4.78 is 35.0. The molecule has 1 unspecified atom stereocenters. The van der Waals surface area contributed by atoms with E-state index in [2.05, 4.69) is 12.1 Å². The van der Waals surface area contributed by atoms with Crippen molar-refractivity contribution in [1.82, 2.24) is 0 Å². The summed E-state index contributed by atoms with van der Waals surface area (Å²) in [7, 11) is 1.62. The summed E-state index contributed by atoms with van der Waals surface area (Å²) in [6.45, 7) is 2.82. The highest BCUT2D eigenvalue weighted by Crippen LogP contribution is 2.50. The van der Waals surface area contributed by atoms with Crippen molar-refractivity contribution in [2.45, 2.75) is 82.7 Å². The third-order valence-electron chi connectivity index (χ3n) is 8.01. The number of carbonyl (C=O) groups excluding carboxylic acids is 1. The highest BCUT2D eigenvalue weighted by atomic mass is 19.1. The molecule has 2 atom stereocenters. The van der Waals surface area contributed by atoms with E-state index in [1.165, 1.54) is 25.5 Å². The van der Waals surface area contributed by atoms with Gasteiger partial charge < -0.3 is 4.74 Å². The maximum absolute atomic E-state index is 15.3. The summed E-state index contributed by atoms with van der Waals surface area (Å²) in [5.41, 5.74) is 1.16. The van der Waals surface area contributed by atoms with Crippen LogP contribution in [0.2, 0.25) is 0 Å². The fourth-order valence-corrected chi connectivity index (χ4v) is 5.71. The Labute approximate surface area is 196 Å². The first-order valence-electron chi connectivity index (χ1n) is 12.4. The Morgan fingerprint density at radius 2 is 1.82 bits per heavy atom. The fraction of sp³-hybridized carbons (Fsp3) is 0.552. The van der Waals surface area contributed by atoms with E-state index in [-0.39, 0.29) is 29.4 Å². The van der Waals surface area contributed by atoms with Gasteiger partial charge >= 0.3 is 0 Å². The SMILES string of the molecule is COc1ccc(F)c(C2CCC(CCc3cccc([C@H](C4CC4)C(C)(F)C(C)=O)c3)CC2)c1. The highest BCUT2D eigenvalue weighted by Gasteiger charge is 2.48.